The molecule has 0 heterocycles. The molecule has 0 aliphatic heterocycles. The molecule has 1 aromatic carbocycles. The lowest BCUT2D eigenvalue weighted by molar-refractivity contribution is -0.145. The Kier molecular flexibility index (Phi) is 7.90. The summed E-state index contributed by atoms with van der Waals surface area (Å²) in [6.07, 6.45) is 4.16. The van der Waals surface area contributed by atoms with Gasteiger partial charge in [0, 0.05) is 10.9 Å². The second-order valence-electron chi connectivity index (χ2n) is 6.27. The van der Waals surface area contributed by atoms with Crippen molar-refractivity contribution in [3.8, 4) is 0 Å². The van der Waals surface area contributed by atoms with Crippen molar-refractivity contribution in [1.82, 2.24) is 10.6 Å². The molecular formula is C18H23FN2O4S. The Hall–Kier alpha value is -2.09. The van der Waals surface area contributed by atoms with Gasteiger partial charge in [-0.3, -0.25) is 14.9 Å². The highest BCUT2D eigenvalue weighted by molar-refractivity contribution is 8.00. The number of urea groups is 1. The van der Waals surface area contributed by atoms with Gasteiger partial charge in [-0.15, -0.1) is 11.8 Å². The highest BCUT2D eigenvalue weighted by atomic mass is 32.2. The number of hydrogen-bond acceptors (Lipinski definition) is 5. The van der Waals surface area contributed by atoms with Crippen molar-refractivity contribution in [1.29, 1.82) is 0 Å². The molecule has 0 radical (unpaired) electrons. The maximum atomic E-state index is 13.4. The third-order valence-corrected chi connectivity index (χ3v) is 5.25. The number of carbonyl (C=O) groups is 3. The Balaban J connectivity index is 1.65. The van der Waals surface area contributed by atoms with Crippen LogP contribution in [0, 0.1) is 11.7 Å². The number of halogens is 1. The predicted octanol–water partition coefficient (Wildman–Crippen LogP) is 2.87. The molecule has 2 N–H and O–H groups in total. The first-order valence-corrected chi connectivity index (χ1v) is 9.57. The fourth-order valence-electron chi connectivity index (χ4n) is 2.78. The van der Waals surface area contributed by atoms with Crippen LogP contribution in [0.1, 0.15) is 32.6 Å². The molecular weight excluding hydrogens is 359 g/mol. The molecule has 2 rings (SSSR count). The third-order valence-electron chi connectivity index (χ3n) is 4.23. The van der Waals surface area contributed by atoms with Gasteiger partial charge in [-0.1, -0.05) is 31.9 Å². The van der Waals surface area contributed by atoms with Crippen molar-refractivity contribution in [3.05, 3.63) is 30.1 Å². The number of nitrogens with one attached hydrogen (secondary N) is 2. The van der Waals surface area contributed by atoms with Gasteiger partial charge in [0.1, 0.15) is 5.82 Å². The van der Waals surface area contributed by atoms with Crippen molar-refractivity contribution >= 4 is 29.7 Å². The highest BCUT2D eigenvalue weighted by Gasteiger charge is 2.23. The van der Waals surface area contributed by atoms with Crippen molar-refractivity contribution in [2.75, 3.05) is 12.4 Å². The van der Waals surface area contributed by atoms with Crippen LogP contribution >= 0.6 is 11.8 Å². The van der Waals surface area contributed by atoms with Crippen molar-refractivity contribution in [2.24, 2.45) is 5.92 Å². The lowest BCUT2D eigenvalue weighted by Gasteiger charge is -2.29. The summed E-state index contributed by atoms with van der Waals surface area (Å²) in [7, 11) is 0. The van der Waals surface area contributed by atoms with E-state index >= 15 is 0 Å². The lowest BCUT2D eigenvalue weighted by Crippen LogP contribution is -2.48. The van der Waals surface area contributed by atoms with E-state index in [2.05, 4.69) is 17.6 Å². The van der Waals surface area contributed by atoms with Crippen molar-refractivity contribution in [2.45, 2.75) is 43.5 Å². The molecule has 6 nitrogen and oxygen atoms in total. The van der Waals surface area contributed by atoms with Crippen LogP contribution in [0.2, 0.25) is 0 Å². The zero-order valence-electron chi connectivity index (χ0n) is 14.6. The average Bonchev–Trinajstić information content (AvgIpc) is 2.61. The number of benzene rings is 1. The van der Waals surface area contributed by atoms with Gasteiger partial charge in [-0.05, 0) is 30.9 Å². The monoisotopic (exact) mass is 382 g/mol. The zero-order valence-corrected chi connectivity index (χ0v) is 15.4. The summed E-state index contributed by atoms with van der Waals surface area (Å²) in [5.41, 5.74) is 0. The number of amides is 3. The minimum Gasteiger partial charge on any atom is -0.455 e. The van der Waals surface area contributed by atoms with E-state index in [-0.39, 0.29) is 11.8 Å². The SMILES string of the molecule is C[C@H]1CCCC[C@@H]1NC(=O)NC(=O)COC(=O)CSc1ccccc1F. The molecule has 1 aliphatic rings. The average molecular weight is 382 g/mol. The quantitative estimate of drug-likeness (QED) is 0.584. The Labute approximate surface area is 156 Å². The van der Waals surface area contributed by atoms with Gasteiger partial charge in [0.15, 0.2) is 6.61 Å². The Bertz CT molecular complexity index is 656. The summed E-state index contributed by atoms with van der Waals surface area (Å²) in [4.78, 5) is 35.5. The van der Waals surface area contributed by atoms with Gasteiger partial charge >= 0.3 is 12.0 Å². The lowest BCUT2D eigenvalue weighted by atomic mass is 9.86. The van der Waals surface area contributed by atoms with Gasteiger partial charge in [0.2, 0.25) is 0 Å². The first-order chi connectivity index (χ1) is 12.5. The van der Waals surface area contributed by atoms with Crippen LogP contribution in [0.3, 0.4) is 0 Å². The molecule has 142 valence electrons. The second kappa shape index (κ2) is 10.2. The maximum Gasteiger partial charge on any atom is 0.321 e. The Morgan fingerprint density at radius 1 is 1.23 bits per heavy atom. The fourth-order valence-corrected chi connectivity index (χ4v) is 3.52. The standard InChI is InChI=1S/C18H23FN2O4S/c1-12-6-2-4-8-14(12)20-18(24)21-16(22)10-25-17(23)11-26-15-9-5-3-7-13(15)19/h3,5,7,9,12,14H,2,4,6,8,10-11H2,1H3,(H2,20,21,22,24)/t12-,14-/m0/s1. The number of thioether (sulfide) groups is 1. The van der Waals surface area contributed by atoms with Gasteiger partial charge in [0.05, 0.1) is 5.75 Å². The third kappa shape index (κ3) is 6.67. The van der Waals surface area contributed by atoms with Gasteiger partial charge in [0.25, 0.3) is 5.91 Å². The van der Waals surface area contributed by atoms with Crippen LogP contribution in [0.4, 0.5) is 9.18 Å². The van der Waals surface area contributed by atoms with E-state index in [0.717, 1.165) is 37.4 Å². The molecule has 1 fully saturated rings. The number of carbonyl (C=O) groups excluding carboxylic acids is 3. The van der Waals surface area contributed by atoms with Crippen molar-refractivity contribution in [3.63, 3.8) is 0 Å². The number of imide groups is 1. The van der Waals surface area contributed by atoms with Gasteiger partial charge in [-0.25, -0.2) is 9.18 Å². The van der Waals surface area contributed by atoms with Crippen LogP contribution in [0.15, 0.2) is 29.2 Å². The Morgan fingerprint density at radius 2 is 1.96 bits per heavy atom. The van der Waals surface area contributed by atoms with E-state index in [0.29, 0.717) is 10.8 Å². The van der Waals surface area contributed by atoms with Crippen LogP contribution < -0.4 is 10.6 Å². The Morgan fingerprint density at radius 3 is 2.69 bits per heavy atom. The molecule has 0 bridgehead atoms. The fraction of sp³-hybridized carbons (Fsp3) is 0.500. The molecule has 2 atom stereocenters. The summed E-state index contributed by atoms with van der Waals surface area (Å²) in [5.74, 6) is -1.53. The van der Waals surface area contributed by atoms with E-state index in [1.807, 2.05) is 0 Å². The number of hydrogen-bond donors (Lipinski definition) is 2. The topological polar surface area (TPSA) is 84.5 Å². The van der Waals surface area contributed by atoms with E-state index in [9.17, 15) is 18.8 Å². The first-order valence-electron chi connectivity index (χ1n) is 8.59. The van der Waals surface area contributed by atoms with Gasteiger partial charge in [-0.2, -0.15) is 0 Å². The zero-order chi connectivity index (χ0) is 18.9. The molecule has 0 aromatic heterocycles. The molecule has 0 spiro atoms. The first kappa shape index (κ1) is 20.2. The van der Waals surface area contributed by atoms with E-state index in [1.54, 1.807) is 18.2 Å². The minimum absolute atomic E-state index is 0.0521. The summed E-state index contributed by atoms with van der Waals surface area (Å²) in [6.45, 7) is 1.52. The van der Waals surface area contributed by atoms with E-state index in [1.165, 1.54) is 6.07 Å². The smallest absolute Gasteiger partial charge is 0.321 e. The van der Waals surface area contributed by atoms with E-state index in [4.69, 9.17) is 4.74 Å². The molecule has 1 aromatic rings. The summed E-state index contributed by atoms with van der Waals surface area (Å²) >= 11 is 0.984. The molecule has 0 unspecified atom stereocenters. The maximum absolute atomic E-state index is 13.4. The number of ether oxygens (including phenoxy) is 1. The largest absolute Gasteiger partial charge is 0.455 e. The summed E-state index contributed by atoms with van der Waals surface area (Å²) < 4.78 is 18.2. The molecule has 1 saturated carbocycles. The van der Waals surface area contributed by atoms with Crippen LogP contribution in [-0.2, 0) is 14.3 Å². The molecule has 0 saturated heterocycles. The van der Waals surface area contributed by atoms with Crippen molar-refractivity contribution < 1.29 is 23.5 Å². The van der Waals surface area contributed by atoms with Gasteiger partial charge < -0.3 is 10.1 Å². The number of esters is 1. The van der Waals surface area contributed by atoms with Crippen LogP contribution in [0.5, 0.6) is 0 Å². The van der Waals surface area contributed by atoms with Crippen LogP contribution in [-0.4, -0.2) is 36.3 Å². The van der Waals surface area contributed by atoms with E-state index < -0.39 is 30.3 Å². The summed E-state index contributed by atoms with van der Waals surface area (Å²) in [5, 5.41) is 4.94. The number of rotatable bonds is 6. The second-order valence-corrected chi connectivity index (χ2v) is 7.29. The molecule has 3 amide bonds. The molecule has 26 heavy (non-hydrogen) atoms. The summed E-state index contributed by atoms with van der Waals surface area (Å²) in [6, 6.07) is 5.54. The minimum atomic E-state index is -0.699. The predicted molar refractivity (Wildman–Crippen MR) is 96.2 cm³/mol. The molecule has 8 heteroatoms. The van der Waals surface area contributed by atoms with Crippen LogP contribution in [0.25, 0.3) is 0 Å². The highest BCUT2D eigenvalue weighted by Crippen LogP contribution is 2.23. The normalized spacial score (nSPS) is 19.5. The molecule has 1 aliphatic carbocycles.